The second-order valence-corrected chi connectivity index (χ2v) is 8.17. The van der Waals surface area contributed by atoms with Gasteiger partial charge in [0.15, 0.2) is 0 Å². The number of benzene rings is 1. The van der Waals surface area contributed by atoms with Crippen molar-refractivity contribution < 1.29 is 4.74 Å². The van der Waals surface area contributed by atoms with Gasteiger partial charge in [-0.05, 0) is 45.0 Å². The van der Waals surface area contributed by atoms with Crippen LogP contribution in [0, 0.1) is 0 Å². The van der Waals surface area contributed by atoms with Gasteiger partial charge in [-0.25, -0.2) is 9.97 Å². The number of methoxy groups -OCH3 is 1. The Morgan fingerprint density at radius 1 is 1.26 bits per heavy atom. The third-order valence-electron chi connectivity index (χ3n) is 5.70. The molecule has 0 aliphatic carbocycles. The van der Waals surface area contributed by atoms with E-state index in [1.54, 1.807) is 7.11 Å². The first-order valence-corrected chi connectivity index (χ1v) is 10.7. The molecule has 0 saturated carbocycles. The molecule has 1 aromatic carbocycles. The average molecular weight is 418 g/mol. The summed E-state index contributed by atoms with van der Waals surface area (Å²) >= 11 is 0. The number of hydrogen-bond acceptors (Lipinski definition) is 6. The molecule has 31 heavy (non-hydrogen) atoms. The van der Waals surface area contributed by atoms with Crippen LogP contribution in [-0.2, 0) is 0 Å². The summed E-state index contributed by atoms with van der Waals surface area (Å²) in [5.41, 5.74) is 3.82. The van der Waals surface area contributed by atoms with Crippen molar-refractivity contribution in [2.45, 2.75) is 32.4 Å². The van der Waals surface area contributed by atoms with Crippen LogP contribution < -0.4 is 15.4 Å². The topological polar surface area (TPSA) is 81.8 Å². The fourth-order valence-corrected chi connectivity index (χ4v) is 4.00. The number of nitrogens with one attached hydrogen (secondary N) is 2. The third kappa shape index (κ3) is 3.74. The van der Waals surface area contributed by atoms with E-state index in [2.05, 4.69) is 40.6 Å². The maximum Gasteiger partial charge on any atom is 0.140 e. The molecule has 3 aromatic heterocycles. The number of rotatable bonds is 6. The van der Waals surface area contributed by atoms with E-state index in [4.69, 9.17) is 9.72 Å². The van der Waals surface area contributed by atoms with E-state index in [1.807, 2.05) is 52.2 Å². The van der Waals surface area contributed by atoms with Crippen molar-refractivity contribution in [1.82, 2.24) is 29.6 Å². The molecule has 0 bridgehead atoms. The minimum absolute atomic E-state index is 0.295. The molecule has 4 heterocycles. The third-order valence-corrected chi connectivity index (χ3v) is 5.70. The maximum atomic E-state index is 5.67. The minimum Gasteiger partial charge on any atom is -0.496 e. The van der Waals surface area contributed by atoms with Gasteiger partial charge < -0.3 is 15.4 Å². The minimum atomic E-state index is 0.295. The molecular formula is C23H27N7O. The number of imidazole rings is 1. The van der Waals surface area contributed by atoms with Crippen LogP contribution in [-0.4, -0.2) is 50.6 Å². The van der Waals surface area contributed by atoms with E-state index in [0.29, 0.717) is 12.1 Å². The Hall–Kier alpha value is -3.39. The van der Waals surface area contributed by atoms with Gasteiger partial charge in [-0.2, -0.15) is 5.10 Å². The molecule has 8 heteroatoms. The fraction of sp³-hybridized carbons (Fsp3) is 0.348. The van der Waals surface area contributed by atoms with Crippen LogP contribution >= 0.6 is 0 Å². The van der Waals surface area contributed by atoms with Crippen LogP contribution in [0.25, 0.3) is 28.0 Å². The lowest BCUT2D eigenvalue weighted by molar-refractivity contribution is 0.417. The molecule has 0 radical (unpaired) electrons. The van der Waals surface area contributed by atoms with E-state index < -0.39 is 0 Å². The summed E-state index contributed by atoms with van der Waals surface area (Å²) in [6.45, 7) is 6.23. The number of ether oxygens (including phenoxy) is 1. The van der Waals surface area contributed by atoms with Gasteiger partial charge in [-0.3, -0.25) is 9.25 Å². The second kappa shape index (κ2) is 8.03. The molecule has 1 atom stereocenters. The van der Waals surface area contributed by atoms with Gasteiger partial charge in [0, 0.05) is 42.0 Å². The van der Waals surface area contributed by atoms with Gasteiger partial charge in [-0.1, -0.05) is 6.07 Å². The highest BCUT2D eigenvalue weighted by molar-refractivity contribution is 5.87. The largest absolute Gasteiger partial charge is 0.496 e. The van der Waals surface area contributed by atoms with Gasteiger partial charge >= 0.3 is 0 Å². The number of nitrogens with zero attached hydrogens (tertiary/aromatic N) is 5. The Bertz CT molecular complexity index is 1200. The first-order chi connectivity index (χ1) is 15.1. The molecule has 0 amide bonds. The lowest BCUT2D eigenvalue weighted by atomic mass is 10.1. The number of fused-ring (bicyclic) bond motifs is 1. The van der Waals surface area contributed by atoms with Gasteiger partial charge in [0.2, 0.25) is 0 Å². The van der Waals surface area contributed by atoms with E-state index in [1.165, 1.54) is 0 Å². The molecule has 4 aromatic rings. The van der Waals surface area contributed by atoms with Crippen molar-refractivity contribution in [2.24, 2.45) is 0 Å². The summed E-state index contributed by atoms with van der Waals surface area (Å²) in [4.78, 5) is 9.43. The van der Waals surface area contributed by atoms with Crippen LogP contribution in [0.1, 0.15) is 26.3 Å². The molecule has 1 saturated heterocycles. The molecule has 0 spiro atoms. The monoisotopic (exact) mass is 417 g/mol. The Morgan fingerprint density at radius 2 is 2.16 bits per heavy atom. The van der Waals surface area contributed by atoms with Crippen molar-refractivity contribution in [3.63, 3.8) is 0 Å². The number of anilines is 1. The quantitative estimate of drug-likeness (QED) is 0.498. The van der Waals surface area contributed by atoms with Crippen LogP contribution in [0.5, 0.6) is 5.75 Å². The molecule has 1 unspecified atom stereocenters. The molecule has 5 rings (SSSR count). The van der Waals surface area contributed by atoms with Crippen LogP contribution in [0.4, 0.5) is 5.82 Å². The molecular weight excluding hydrogens is 390 g/mol. The molecule has 2 N–H and O–H groups in total. The smallest absolute Gasteiger partial charge is 0.140 e. The van der Waals surface area contributed by atoms with Crippen LogP contribution in [0.3, 0.4) is 0 Å². The number of aromatic nitrogens is 5. The van der Waals surface area contributed by atoms with Crippen molar-refractivity contribution in [3.05, 3.63) is 49.1 Å². The summed E-state index contributed by atoms with van der Waals surface area (Å²) in [6.07, 6.45) is 6.85. The highest BCUT2D eigenvalue weighted by Crippen LogP contribution is 2.34. The lowest BCUT2D eigenvalue weighted by Crippen LogP contribution is -2.22. The fourth-order valence-electron chi connectivity index (χ4n) is 4.00. The molecule has 1 aliphatic rings. The first kappa shape index (κ1) is 19.6. The molecule has 160 valence electrons. The highest BCUT2D eigenvalue weighted by Gasteiger charge is 2.17. The molecule has 1 fully saturated rings. The Kier molecular flexibility index (Phi) is 5.07. The van der Waals surface area contributed by atoms with E-state index in [9.17, 15) is 0 Å². The van der Waals surface area contributed by atoms with E-state index >= 15 is 0 Å². The average Bonchev–Trinajstić information content (AvgIpc) is 3.53. The normalized spacial score (nSPS) is 16.3. The first-order valence-electron chi connectivity index (χ1n) is 10.7. The maximum absolute atomic E-state index is 5.67. The molecule has 1 aliphatic heterocycles. The lowest BCUT2D eigenvalue weighted by Gasteiger charge is -2.13. The van der Waals surface area contributed by atoms with Gasteiger partial charge in [0.05, 0.1) is 24.3 Å². The van der Waals surface area contributed by atoms with Crippen molar-refractivity contribution in [2.75, 3.05) is 25.5 Å². The van der Waals surface area contributed by atoms with E-state index in [-0.39, 0.29) is 0 Å². The van der Waals surface area contributed by atoms with Gasteiger partial charge in [0.25, 0.3) is 0 Å². The van der Waals surface area contributed by atoms with Crippen LogP contribution in [0.15, 0.2) is 49.1 Å². The number of pyridine rings is 1. The zero-order valence-electron chi connectivity index (χ0n) is 18.0. The summed E-state index contributed by atoms with van der Waals surface area (Å²) in [6, 6.07) is 10.8. The standard InChI is InChI=1S/C23H27N7O/c1-15(2)30-13-16(11-26-30)18-9-20-19(10-21(18)31-3)25-14-29(20)23-6-4-5-22(28-23)27-17-7-8-24-12-17/h4-6,9-11,13-15,17,24H,7-8,12H2,1-3H3,(H,27,28). The number of hydrogen-bond donors (Lipinski definition) is 2. The van der Waals surface area contributed by atoms with Gasteiger partial charge in [0.1, 0.15) is 23.7 Å². The van der Waals surface area contributed by atoms with Gasteiger partial charge in [-0.15, -0.1) is 0 Å². The summed E-state index contributed by atoms with van der Waals surface area (Å²) in [7, 11) is 1.68. The van der Waals surface area contributed by atoms with Crippen molar-refractivity contribution >= 4 is 16.9 Å². The van der Waals surface area contributed by atoms with Crippen molar-refractivity contribution in [3.8, 4) is 22.7 Å². The van der Waals surface area contributed by atoms with E-state index in [0.717, 1.165) is 59.1 Å². The zero-order chi connectivity index (χ0) is 21.4. The second-order valence-electron chi connectivity index (χ2n) is 8.17. The molecule has 8 nitrogen and oxygen atoms in total. The summed E-state index contributed by atoms with van der Waals surface area (Å²) in [5.74, 6) is 2.48. The predicted octanol–water partition coefficient (Wildman–Crippen LogP) is 3.65. The zero-order valence-corrected chi connectivity index (χ0v) is 18.0. The van der Waals surface area contributed by atoms with Crippen molar-refractivity contribution in [1.29, 1.82) is 0 Å². The Labute approximate surface area is 181 Å². The predicted molar refractivity (Wildman–Crippen MR) is 122 cm³/mol. The van der Waals surface area contributed by atoms with Crippen LogP contribution in [0.2, 0.25) is 0 Å². The summed E-state index contributed by atoms with van der Waals surface area (Å²) < 4.78 is 9.63. The summed E-state index contributed by atoms with van der Waals surface area (Å²) in [5, 5.41) is 11.4. The Morgan fingerprint density at radius 3 is 2.90 bits per heavy atom. The highest BCUT2D eigenvalue weighted by atomic mass is 16.5. The Balaban J connectivity index is 1.55. The SMILES string of the molecule is COc1cc2ncn(-c3cccc(NC4CCNC4)n3)c2cc1-c1cnn(C(C)C)c1.